The third kappa shape index (κ3) is 5.93. The number of nitrogens with one attached hydrogen (secondary N) is 1. The van der Waals surface area contributed by atoms with Gasteiger partial charge in [-0.1, -0.05) is 0 Å². The highest BCUT2D eigenvalue weighted by Gasteiger charge is 2.30. The minimum absolute atomic E-state index is 0.128. The van der Waals surface area contributed by atoms with E-state index < -0.39 is 11.7 Å². The molecule has 0 spiro atoms. The van der Waals surface area contributed by atoms with Crippen molar-refractivity contribution in [3.05, 3.63) is 58.0 Å². The van der Waals surface area contributed by atoms with Crippen LogP contribution in [0, 0.1) is 5.92 Å². The van der Waals surface area contributed by atoms with Gasteiger partial charge in [0.05, 0.1) is 5.56 Å². The van der Waals surface area contributed by atoms with Gasteiger partial charge >= 0.3 is 6.18 Å². The molecular formula is C21H23F3N4O3. The zero-order valence-electron chi connectivity index (χ0n) is 17.0. The SMILES string of the molecule is Cn1nc(C(=O)N2CCCC(CCC(=O)Nc3ccc(C(F)(F)F)cc3)C2)ccc1=O. The molecule has 1 N–H and O–H groups in total. The van der Waals surface area contributed by atoms with E-state index in [1.54, 1.807) is 4.90 Å². The average Bonchev–Trinajstić information content (AvgIpc) is 2.73. The second-order valence-corrected chi connectivity index (χ2v) is 7.60. The van der Waals surface area contributed by atoms with Crippen LogP contribution in [0.5, 0.6) is 0 Å². The summed E-state index contributed by atoms with van der Waals surface area (Å²) in [6, 6.07) is 7.00. The molecule has 1 aromatic heterocycles. The van der Waals surface area contributed by atoms with E-state index in [2.05, 4.69) is 10.4 Å². The zero-order valence-corrected chi connectivity index (χ0v) is 17.0. The molecule has 2 aromatic rings. The standard InChI is InChI=1S/C21H23F3N4O3/c1-27-19(30)11-9-17(26-27)20(31)28-12-2-3-14(13-28)4-10-18(29)25-16-7-5-15(6-8-16)21(22,23)24/h5-9,11,14H,2-4,10,12-13H2,1H3,(H,25,29). The maximum absolute atomic E-state index is 12.7. The number of hydrogen-bond acceptors (Lipinski definition) is 4. The number of aryl methyl sites for hydroxylation is 1. The summed E-state index contributed by atoms with van der Waals surface area (Å²) in [5.41, 5.74) is -0.570. The topological polar surface area (TPSA) is 84.3 Å². The Morgan fingerprint density at radius 1 is 1.16 bits per heavy atom. The Morgan fingerprint density at radius 3 is 2.52 bits per heavy atom. The molecule has 2 amide bonds. The lowest BCUT2D eigenvalue weighted by atomic mass is 9.93. The molecule has 1 aliphatic heterocycles. The molecule has 1 aliphatic rings. The number of halogens is 3. The number of carbonyl (C=O) groups is 2. The van der Waals surface area contributed by atoms with E-state index in [1.165, 1.54) is 31.3 Å². The van der Waals surface area contributed by atoms with Crippen molar-refractivity contribution in [2.75, 3.05) is 18.4 Å². The fourth-order valence-electron chi connectivity index (χ4n) is 3.56. The molecule has 0 aliphatic carbocycles. The van der Waals surface area contributed by atoms with Gasteiger partial charge in [-0.25, -0.2) is 4.68 Å². The number of likely N-dealkylation sites (tertiary alicyclic amines) is 1. The van der Waals surface area contributed by atoms with Crippen LogP contribution < -0.4 is 10.9 Å². The highest BCUT2D eigenvalue weighted by Crippen LogP contribution is 2.30. The van der Waals surface area contributed by atoms with Crippen LogP contribution in [0.3, 0.4) is 0 Å². The predicted octanol–water partition coefficient (Wildman–Crippen LogP) is 3.07. The molecule has 7 nitrogen and oxygen atoms in total. The van der Waals surface area contributed by atoms with Crippen molar-refractivity contribution >= 4 is 17.5 Å². The van der Waals surface area contributed by atoms with Crippen molar-refractivity contribution in [3.8, 4) is 0 Å². The molecule has 31 heavy (non-hydrogen) atoms. The number of anilines is 1. The third-order valence-corrected chi connectivity index (χ3v) is 5.26. The highest BCUT2D eigenvalue weighted by molar-refractivity contribution is 5.92. The number of carbonyl (C=O) groups excluding carboxylic acids is 2. The number of benzene rings is 1. The summed E-state index contributed by atoms with van der Waals surface area (Å²) in [5.74, 6) is -0.416. The smallest absolute Gasteiger partial charge is 0.337 e. The van der Waals surface area contributed by atoms with Gasteiger partial charge in [0.1, 0.15) is 5.69 Å². The monoisotopic (exact) mass is 436 g/mol. The largest absolute Gasteiger partial charge is 0.416 e. The number of rotatable bonds is 5. The molecular weight excluding hydrogens is 413 g/mol. The van der Waals surface area contributed by atoms with Crippen molar-refractivity contribution in [1.29, 1.82) is 0 Å². The molecule has 0 bridgehead atoms. The van der Waals surface area contributed by atoms with Crippen LogP contribution in [0.4, 0.5) is 18.9 Å². The van der Waals surface area contributed by atoms with Crippen LogP contribution in [-0.4, -0.2) is 39.6 Å². The fourth-order valence-corrected chi connectivity index (χ4v) is 3.56. The van der Waals surface area contributed by atoms with Gasteiger partial charge < -0.3 is 10.2 Å². The molecule has 166 valence electrons. The summed E-state index contributed by atoms with van der Waals surface area (Å²) in [6.07, 6.45) is -2.00. The maximum Gasteiger partial charge on any atom is 0.416 e. The maximum atomic E-state index is 12.7. The Hall–Kier alpha value is -3.17. The second kappa shape index (κ2) is 9.32. The fraction of sp³-hybridized carbons (Fsp3) is 0.429. The first-order valence-corrected chi connectivity index (χ1v) is 9.94. The summed E-state index contributed by atoms with van der Waals surface area (Å²) in [6.45, 7) is 1.06. The summed E-state index contributed by atoms with van der Waals surface area (Å²) in [7, 11) is 1.48. The van der Waals surface area contributed by atoms with Crippen LogP contribution in [-0.2, 0) is 18.0 Å². The van der Waals surface area contributed by atoms with Gasteiger partial charge in [0.25, 0.3) is 11.5 Å². The lowest BCUT2D eigenvalue weighted by molar-refractivity contribution is -0.137. The van der Waals surface area contributed by atoms with Crippen molar-refractivity contribution in [2.24, 2.45) is 13.0 Å². The third-order valence-electron chi connectivity index (χ3n) is 5.26. The van der Waals surface area contributed by atoms with Crippen molar-refractivity contribution < 1.29 is 22.8 Å². The van der Waals surface area contributed by atoms with E-state index in [1.807, 2.05) is 0 Å². The number of aromatic nitrogens is 2. The van der Waals surface area contributed by atoms with Crippen LogP contribution in [0.1, 0.15) is 41.7 Å². The van der Waals surface area contributed by atoms with E-state index in [0.29, 0.717) is 25.2 Å². The van der Waals surface area contributed by atoms with Gasteiger partial charge in [0.2, 0.25) is 5.91 Å². The summed E-state index contributed by atoms with van der Waals surface area (Å²) in [4.78, 5) is 38.0. The molecule has 1 atom stereocenters. The molecule has 10 heteroatoms. The molecule has 0 saturated carbocycles. The Balaban J connectivity index is 1.51. The first-order chi connectivity index (χ1) is 14.6. The van der Waals surface area contributed by atoms with Gasteiger partial charge in [0.15, 0.2) is 0 Å². The molecule has 1 aromatic carbocycles. The van der Waals surface area contributed by atoms with Gasteiger partial charge in [0, 0.05) is 38.3 Å². The quantitative estimate of drug-likeness (QED) is 0.781. The molecule has 1 saturated heterocycles. The Morgan fingerprint density at radius 2 is 1.87 bits per heavy atom. The summed E-state index contributed by atoms with van der Waals surface area (Å²) in [5, 5.41) is 6.60. The predicted molar refractivity (Wildman–Crippen MR) is 107 cm³/mol. The van der Waals surface area contributed by atoms with E-state index >= 15 is 0 Å². The Bertz CT molecular complexity index is 1000. The number of hydrogen-bond donors (Lipinski definition) is 1. The van der Waals surface area contributed by atoms with Crippen molar-refractivity contribution in [3.63, 3.8) is 0 Å². The number of piperidine rings is 1. The molecule has 1 fully saturated rings. The van der Waals surface area contributed by atoms with Gasteiger partial charge in [-0.15, -0.1) is 0 Å². The van der Waals surface area contributed by atoms with E-state index in [9.17, 15) is 27.6 Å². The lowest BCUT2D eigenvalue weighted by Gasteiger charge is -2.32. The molecule has 1 unspecified atom stereocenters. The molecule has 2 heterocycles. The summed E-state index contributed by atoms with van der Waals surface area (Å²) >= 11 is 0. The Kier molecular flexibility index (Phi) is 6.77. The number of nitrogens with zero attached hydrogens (tertiary/aromatic N) is 3. The van der Waals surface area contributed by atoms with E-state index in [4.69, 9.17) is 0 Å². The minimum Gasteiger partial charge on any atom is -0.337 e. The van der Waals surface area contributed by atoms with E-state index in [0.717, 1.165) is 29.7 Å². The van der Waals surface area contributed by atoms with Crippen LogP contribution in [0.25, 0.3) is 0 Å². The summed E-state index contributed by atoms with van der Waals surface area (Å²) < 4.78 is 38.9. The molecule has 3 rings (SSSR count). The first kappa shape index (κ1) is 22.5. The first-order valence-electron chi connectivity index (χ1n) is 9.94. The van der Waals surface area contributed by atoms with Crippen LogP contribution in [0.15, 0.2) is 41.2 Å². The van der Waals surface area contributed by atoms with Crippen molar-refractivity contribution in [2.45, 2.75) is 31.9 Å². The van der Waals surface area contributed by atoms with Gasteiger partial charge in [-0.2, -0.15) is 18.3 Å². The average molecular weight is 436 g/mol. The van der Waals surface area contributed by atoms with Crippen molar-refractivity contribution in [1.82, 2.24) is 14.7 Å². The van der Waals surface area contributed by atoms with Crippen LogP contribution >= 0.6 is 0 Å². The number of amides is 2. The zero-order chi connectivity index (χ0) is 22.6. The molecule has 0 radical (unpaired) electrons. The van der Waals surface area contributed by atoms with Gasteiger partial charge in [-0.05, 0) is 55.5 Å². The number of alkyl halides is 3. The minimum atomic E-state index is -4.42. The lowest BCUT2D eigenvalue weighted by Crippen LogP contribution is -2.41. The van der Waals surface area contributed by atoms with Crippen LogP contribution in [0.2, 0.25) is 0 Å². The highest BCUT2D eigenvalue weighted by atomic mass is 19.4. The second-order valence-electron chi connectivity index (χ2n) is 7.60. The Labute approximate surface area is 176 Å². The normalized spacial score (nSPS) is 16.8. The van der Waals surface area contributed by atoms with E-state index in [-0.39, 0.29) is 35.4 Å². The van der Waals surface area contributed by atoms with Gasteiger partial charge in [-0.3, -0.25) is 14.4 Å².